The van der Waals surface area contributed by atoms with Crippen molar-refractivity contribution in [2.45, 2.75) is 32.4 Å². The Hall–Kier alpha value is -2.14. The van der Waals surface area contributed by atoms with E-state index in [0.29, 0.717) is 12.0 Å². The minimum atomic E-state index is -0.478. The van der Waals surface area contributed by atoms with E-state index < -0.39 is 5.91 Å². The third kappa shape index (κ3) is 3.31. The third-order valence-corrected chi connectivity index (χ3v) is 4.15. The van der Waals surface area contributed by atoms with Crippen molar-refractivity contribution in [3.63, 3.8) is 0 Å². The molecule has 4 N–H and O–H groups in total. The molecule has 0 bridgehead atoms. The van der Waals surface area contributed by atoms with Crippen LogP contribution in [-0.2, 0) is 4.79 Å². The lowest BCUT2D eigenvalue weighted by atomic mass is 9.64. The summed E-state index contributed by atoms with van der Waals surface area (Å²) in [7, 11) is 0. The summed E-state index contributed by atoms with van der Waals surface area (Å²) < 4.78 is 0. The van der Waals surface area contributed by atoms with Crippen molar-refractivity contribution >= 4 is 17.9 Å². The minimum Gasteiger partial charge on any atom is -0.392 e. The minimum absolute atomic E-state index is 0.0121. The lowest BCUT2D eigenvalue weighted by Crippen LogP contribution is -2.60. The molecule has 2 amide bonds. The monoisotopic (exact) mass is 288 g/mol. The summed E-state index contributed by atoms with van der Waals surface area (Å²) in [6.45, 7) is 3.86. The predicted molar refractivity (Wildman–Crippen MR) is 80.3 cm³/mol. The standard InChI is InChI=1S/C16H20N2O3/c1-16(2)12(9-13(16)19)18-14(20)8-5-10-3-6-11(7-4-10)15(17)21/h3-8,12-13,19H,9H2,1-2H3,(H2,17,21)(H,18,20)/b8-5+. The van der Waals surface area contributed by atoms with E-state index in [-0.39, 0.29) is 23.5 Å². The van der Waals surface area contributed by atoms with Crippen LogP contribution in [0.25, 0.3) is 6.08 Å². The summed E-state index contributed by atoms with van der Waals surface area (Å²) in [5.74, 6) is -0.673. The molecular formula is C16H20N2O3. The van der Waals surface area contributed by atoms with E-state index in [0.717, 1.165) is 5.56 Å². The molecule has 5 nitrogen and oxygen atoms in total. The Labute approximate surface area is 123 Å². The summed E-state index contributed by atoms with van der Waals surface area (Å²) in [5.41, 5.74) is 6.11. The highest BCUT2D eigenvalue weighted by atomic mass is 16.3. The fraction of sp³-hybridized carbons (Fsp3) is 0.375. The van der Waals surface area contributed by atoms with Crippen LogP contribution in [0.15, 0.2) is 30.3 Å². The van der Waals surface area contributed by atoms with Gasteiger partial charge in [0.25, 0.3) is 0 Å². The number of aliphatic hydroxyl groups excluding tert-OH is 1. The molecular weight excluding hydrogens is 268 g/mol. The number of aliphatic hydroxyl groups is 1. The molecule has 2 rings (SSSR count). The van der Waals surface area contributed by atoms with Gasteiger partial charge in [-0.2, -0.15) is 0 Å². The molecule has 5 heteroatoms. The Morgan fingerprint density at radius 3 is 2.43 bits per heavy atom. The maximum atomic E-state index is 11.8. The Bertz CT molecular complexity index is 576. The van der Waals surface area contributed by atoms with Crippen LogP contribution in [0.1, 0.15) is 36.2 Å². The molecule has 2 unspecified atom stereocenters. The first kappa shape index (κ1) is 15.3. The highest BCUT2D eigenvalue weighted by molar-refractivity contribution is 5.94. The summed E-state index contributed by atoms with van der Waals surface area (Å²) in [4.78, 5) is 22.8. The zero-order chi connectivity index (χ0) is 15.6. The number of rotatable bonds is 4. The highest BCUT2D eigenvalue weighted by Crippen LogP contribution is 2.40. The lowest BCUT2D eigenvalue weighted by Gasteiger charge is -2.49. The van der Waals surface area contributed by atoms with E-state index in [1.807, 2.05) is 13.8 Å². The van der Waals surface area contributed by atoms with Crippen molar-refractivity contribution in [3.05, 3.63) is 41.5 Å². The fourth-order valence-corrected chi connectivity index (χ4v) is 2.30. The quantitative estimate of drug-likeness (QED) is 0.724. The Morgan fingerprint density at radius 1 is 1.33 bits per heavy atom. The topological polar surface area (TPSA) is 92.4 Å². The molecule has 2 atom stereocenters. The number of hydrogen-bond donors (Lipinski definition) is 3. The van der Waals surface area contributed by atoms with Crippen LogP contribution in [0.5, 0.6) is 0 Å². The Balaban J connectivity index is 1.92. The van der Waals surface area contributed by atoms with E-state index in [1.165, 1.54) is 6.08 Å². The summed E-state index contributed by atoms with van der Waals surface area (Å²) >= 11 is 0. The smallest absolute Gasteiger partial charge is 0.248 e. The zero-order valence-corrected chi connectivity index (χ0v) is 12.2. The van der Waals surface area contributed by atoms with Crippen LogP contribution < -0.4 is 11.1 Å². The number of hydrogen-bond acceptors (Lipinski definition) is 3. The van der Waals surface area contributed by atoms with Gasteiger partial charge < -0.3 is 16.2 Å². The molecule has 21 heavy (non-hydrogen) atoms. The van der Waals surface area contributed by atoms with Gasteiger partial charge in [-0.05, 0) is 30.2 Å². The third-order valence-electron chi connectivity index (χ3n) is 4.15. The van der Waals surface area contributed by atoms with Gasteiger partial charge in [-0.3, -0.25) is 9.59 Å². The van der Waals surface area contributed by atoms with E-state index in [2.05, 4.69) is 5.32 Å². The fourth-order valence-electron chi connectivity index (χ4n) is 2.30. The molecule has 0 aromatic heterocycles. The van der Waals surface area contributed by atoms with Crippen molar-refractivity contribution in [1.82, 2.24) is 5.32 Å². The van der Waals surface area contributed by atoms with Gasteiger partial charge in [0.05, 0.1) is 6.10 Å². The van der Waals surface area contributed by atoms with Crippen molar-refractivity contribution in [3.8, 4) is 0 Å². The molecule has 0 saturated heterocycles. The lowest BCUT2D eigenvalue weighted by molar-refractivity contribution is -0.124. The number of benzene rings is 1. The van der Waals surface area contributed by atoms with Crippen molar-refractivity contribution in [2.75, 3.05) is 0 Å². The largest absolute Gasteiger partial charge is 0.392 e. The van der Waals surface area contributed by atoms with E-state index in [9.17, 15) is 14.7 Å². The molecule has 0 heterocycles. The second-order valence-corrected chi connectivity index (χ2v) is 5.95. The molecule has 1 saturated carbocycles. The average molecular weight is 288 g/mol. The number of nitrogens with one attached hydrogen (secondary N) is 1. The second kappa shape index (κ2) is 5.69. The van der Waals surface area contributed by atoms with Gasteiger partial charge in [-0.15, -0.1) is 0 Å². The first-order valence-corrected chi connectivity index (χ1v) is 6.87. The van der Waals surface area contributed by atoms with Gasteiger partial charge in [0.15, 0.2) is 0 Å². The van der Waals surface area contributed by atoms with Crippen LogP contribution in [-0.4, -0.2) is 29.1 Å². The van der Waals surface area contributed by atoms with Crippen molar-refractivity contribution in [2.24, 2.45) is 11.1 Å². The second-order valence-electron chi connectivity index (χ2n) is 5.95. The number of amides is 2. The van der Waals surface area contributed by atoms with Gasteiger partial charge in [0, 0.05) is 23.1 Å². The Kier molecular flexibility index (Phi) is 4.14. The van der Waals surface area contributed by atoms with Crippen LogP contribution in [0.4, 0.5) is 0 Å². The van der Waals surface area contributed by atoms with E-state index in [1.54, 1.807) is 30.3 Å². The van der Waals surface area contributed by atoms with Crippen molar-refractivity contribution in [1.29, 1.82) is 0 Å². The summed E-state index contributed by atoms with van der Waals surface area (Å²) in [5, 5.41) is 12.5. The molecule has 0 spiro atoms. The Morgan fingerprint density at radius 2 is 1.95 bits per heavy atom. The van der Waals surface area contributed by atoms with Gasteiger partial charge in [-0.25, -0.2) is 0 Å². The predicted octanol–water partition coefficient (Wildman–Crippen LogP) is 1.07. The molecule has 1 aliphatic carbocycles. The van der Waals surface area contributed by atoms with E-state index >= 15 is 0 Å². The maximum absolute atomic E-state index is 11.8. The van der Waals surface area contributed by atoms with Gasteiger partial charge in [0.2, 0.25) is 11.8 Å². The normalized spacial score (nSPS) is 23.6. The molecule has 1 aliphatic rings. The van der Waals surface area contributed by atoms with Crippen LogP contribution in [0.2, 0.25) is 0 Å². The summed E-state index contributed by atoms with van der Waals surface area (Å²) in [6, 6.07) is 6.67. The first-order valence-electron chi connectivity index (χ1n) is 6.87. The van der Waals surface area contributed by atoms with Crippen molar-refractivity contribution < 1.29 is 14.7 Å². The molecule has 0 radical (unpaired) electrons. The van der Waals surface area contributed by atoms with Gasteiger partial charge in [-0.1, -0.05) is 26.0 Å². The number of nitrogens with two attached hydrogens (primary N) is 1. The number of primary amides is 1. The van der Waals surface area contributed by atoms with Gasteiger partial charge >= 0.3 is 0 Å². The first-order chi connectivity index (χ1) is 9.80. The zero-order valence-electron chi connectivity index (χ0n) is 12.2. The average Bonchev–Trinajstić information content (AvgIpc) is 2.45. The van der Waals surface area contributed by atoms with Gasteiger partial charge in [0.1, 0.15) is 0 Å². The number of carbonyl (C=O) groups is 2. The molecule has 1 aromatic rings. The summed E-state index contributed by atoms with van der Waals surface area (Å²) in [6.07, 6.45) is 3.33. The maximum Gasteiger partial charge on any atom is 0.248 e. The molecule has 1 fully saturated rings. The molecule has 112 valence electrons. The molecule has 0 aliphatic heterocycles. The SMILES string of the molecule is CC1(C)C(O)CC1NC(=O)/C=C/c1ccc(C(N)=O)cc1. The van der Waals surface area contributed by atoms with Crippen LogP contribution in [0, 0.1) is 5.41 Å². The van der Waals surface area contributed by atoms with Crippen LogP contribution in [0.3, 0.4) is 0 Å². The van der Waals surface area contributed by atoms with Crippen LogP contribution >= 0.6 is 0 Å². The highest BCUT2D eigenvalue weighted by Gasteiger charge is 2.47. The number of carbonyl (C=O) groups excluding carboxylic acids is 2. The van der Waals surface area contributed by atoms with E-state index in [4.69, 9.17) is 5.73 Å². The molecule has 1 aromatic carbocycles.